The Bertz CT molecular complexity index is 692. The largest absolute Gasteiger partial charge is 0.356 e. The summed E-state index contributed by atoms with van der Waals surface area (Å²) in [6, 6.07) is 10.6. The maximum absolute atomic E-state index is 4.38. The van der Waals surface area contributed by atoms with E-state index in [2.05, 4.69) is 60.7 Å². The number of guanidine groups is 1. The molecular weight excluding hydrogens is 324 g/mol. The Morgan fingerprint density at radius 3 is 2.73 bits per heavy atom. The minimum Gasteiger partial charge on any atom is -0.356 e. The van der Waals surface area contributed by atoms with Crippen molar-refractivity contribution in [1.29, 1.82) is 0 Å². The normalized spacial score (nSPS) is 14.6. The molecule has 0 unspecified atom stereocenters. The minimum absolute atomic E-state index is 0.816. The Morgan fingerprint density at radius 1 is 1.04 bits per heavy atom. The summed E-state index contributed by atoms with van der Waals surface area (Å²) >= 11 is 0. The van der Waals surface area contributed by atoms with Gasteiger partial charge in [-0.05, 0) is 31.2 Å². The van der Waals surface area contributed by atoms with Gasteiger partial charge in [-0.15, -0.1) is 10.2 Å². The van der Waals surface area contributed by atoms with Gasteiger partial charge in [-0.25, -0.2) is 0 Å². The molecule has 1 aromatic heterocycles. The Labute approximate surface area is 156 Å². The quantitative estimate of drug-likeness (QED) is 0.455. The van der Waals surface area contributed by atoms with Crippen LogP contribution in [-0.2, 0) is 25.8 Å². The maximum atomic E-state index is 4.38. The standard InChI is InChI=1S/C20H30N6/c1-21-20(22-14-8-11-17-9-4-2-5-10-17)23-15-13-19-25-24-18-12-6-3-7-16-26(18)19/h2,4-5,9-10H,3,6-8,11-16H2,1H3,(H2,21,22,23). The van der Waals surface area contributed by atoms with Gasteiger partial charge in [0.15, 0.2) is 5.96 Å². The molecular formula is C20H30N6. The summed E-state index contributed by atoms with van der Waals surface area (Å²) < 4.78 is 2.31. The van der Waals surface area contributed by atoms with Crippen LogP contribution in [0.15, 0.2) is 35.3 Å². The number of rotatable bonds is 7. The van der Waals surface area contributed by atoms with Gasteiger partial charge in [0.2, 0.25) is 0 Å². The molecule has 140 valence electrons. The van der Waals surface area contributed by atoms with E-state index in [4.69, 9.17) is 0 Å². The van der Waals surface area contributed by atoms with E-state index in [1.807, 2.05) is 7.05 Å². The van der Waals surface area contributed by atoms with Crippen molar-refractivity contribution in [2.24, 2.45) is 4.99 Å². The van der Waals surface area contributed by atoms with Crippen LogP contribution in [0.4, 0.5) is 0 Å². The number of benzene rings is 1. The van der Waals surface area contributed by atoms with Crippen molar-refractivity contribution in [2.75, 3.05) is 20.1 Å². The van der Waals surface area contributed by atoms with Crippen molar-refractivity contribution in [3.63, 3.8) is 0 Å². The molecule has 2 N–H and O–H groups in total. The van der Waals surface area contributed by atoms with Crippen LogP contribution in [0.3, 0.4) is 0 Å². The first-order valence-corrected chi connectivity index (χ1v) is 9.76. The number of aliphatic imine (C=N–C) groups is 1. The molecule has 0 bridgehead atoms. The molecule has 1 aliphatic heterocycles. The van der Waals surface area contributed by atoms with E-state index in [9.17, 15) is 0 Å². The van der Waals surface area contributed by atoms with Crippen molar-refractivity contribution in [3.8, 4) is 0 Å². The van der Waals surface area contributed by atoms with Crippen molar-refractivity contribution in [1.82, 2.24) is 25.4 Å². The molecule has 0 radical (unpaired) electrons. The summed E-state index contributed by atoms with van der Waals surface area (Å²) in [5, 5.41) is 15.5. The van der Waals surface area contributed by atoms with E-state index in [-0.39, 0.29) is 0 Å². The van der Waals surface area contributed by atoms with E-state index in [0.717, 1.165) is 62.9 Å². The highest BCUT2D eigenvalue weighted by Crippen LogP contribution is 2.14. The van der Waals surface area contributed by atoms with Gasteiger partial charge in [0, 0.05) is 39.5 Å². The molecule has 2 heterocycles. The van der Waals surface area contributed by atoms with Gasteiger partial charge in [0.25, 0.3) is 0 Å². The van der Waals surface area contributed by atoms with Gasteiger partial charge < -0.3 is 15.2 Å². The molecule has 0 saturated heterocycles. The topological polar surface area (TPSA) is 67.1 Å². The van der Waals surface area contributed by atoms with Crippen LogP contribution in [0.5, 0.6) is 0 Å². The van der Waals surface area contributed by atoms with Crippen LogP contribution >= 0.6 is 0 Å². The number of aryl methyl sites for hydroxylation is 2. The Morgan fingerprint density at radius 2 is 1.88 bits per heavy atom. The Kier molecular flexibility index (Phi) is 7.05. The number of fused-ring (bicyclic) bond motifs is 1. The summed E-state index contributed by atoms with van der Waals surface area (Å²) in [6.45, 7) is 2.79. The Balaban J connectivity index is 1.37. The highest BCUT2D eigenvalue weighted by Gasteiger charge is 2.14. The molecule has 6 heteroatoms. The first kappa shape index (κ1) is 18.4. The first-order chi connectivity index (χ1) is 12.9. The molecule has 2 aromatic rings. The van der Waals surface area contributed by atoms with Crippen LogP contribution in [0.25, 0.3) is 0 Å². The first-order valence-electron chi connectivity index (χ1n) is 9.76. The summed E-state index contributed by atoms with van der Waals surface area (Å²) in [4.78, 5) is 4.31. The van der Waals surface area contributed by atoms with E-state index in [0.29, 0.717) is 0 Å². The van der Waals surface area contributed by atoms with E-state index >= 15 is 0 Å². The highest BCUT2D eigenvalue weighted by atomic mass is 15.3. The second kappa shape index (κ2) is 9.94. The molecule has 6 nitrogen and oxygen atoms in total. The maximum Gasteiger partial charge on any atom is 0.190 e. The van der Waals surface area contributed by atoms with E-state index in [1.54, 1.807) is 0 Å². The smallest absolute Gasteiger partial charge is 0.190 e. The zero-order valence-electron chi connectivity index (χ0n) is 15.7. The van der Waals surface area contributed by atoms with Crippen molar-refractivity contribution < 1.29 is 0 Å². The lowest BCUT2D eigenvalue weighted by Crippen LogP contribution is -2.39. The fourth-order valence-corrected chi connectivity index (χ4v) is 3.39. The van der Waals surface area contributed by atoms with E-state index < -0.39 is 0 Å². The van der Waals surface area contributed by atoms with Crippen molar-refractivity contribution in [2.45, 2.75) is 51.5 Å². The van der Waals surface area contributed by atoms with Crippen LogP contribution in [-0.4, -0.2) is 40.9 Å². The monoisotopic (exact) mass is 354 g/mol. The van der Waals surface area contributed by atoms with E-state index in [1.165, 1.54) is 24.8 Å². The summed E-state index contributed by atoms with van der Waals surface area (Å²) in [5.74, 6) is 3.10. The second-order valence-electron chi connectivity index (χ2n) is 6.76. The fourth-order valence-electron chi connectivity index (χ4n) is 3.39. The van der Waals surface area contributed by atoms with Gasteiger partial charge in [-0.3, -0.25) is 4.99 Å². The average molecular weight is 355 g/mol. The second-order valence-corrected chi connectivity index (χ2v) is 6.76. The lowest BCUT2D eigenvalue weighted by molar-refractivity contribution is 0.600. The molecule has 0 fully saturated rings. The van der Waals surface area contributed by atoms with Crippen LogP contribution < -0.4 is 10.6 Å². The van der Waals surface area contributed by atoms with Gasteiger partial charge in [-0.1, -0.05) is 36.8 Å². The molecule has 0 atom stereocenters. The molecule has 0 spiro atoms. The molecule has 0 amide bonds. The lowest BCUT2D eigenvalue weighted by atomic mass is 10.1. The zero-order valence-corrected chi connectivity index (χ0v) is 15.7. The molecule has 3 rings (SSSR count). The number of nitrogens with one attached hydrogen (secondary N) is 2. The third-order valence-electron chi connectivity index (χ3n) is 4.83. The van der Waals surface area contributed by atoms with Crippen LogP contribution in [0.1, 0.15) is 42.9 Å². The predicted molar refractivity (Wildman–Crippen MR) is 105 cm³/mol. The summed E-state index contributed by atoms with van der Waals surface area (Å²) in [6.07, 6.45) is 7.86. The third-order valence-corrected chi connectivity index (χ3v) is 4.83. The van der Waals surface area contributed by atoms with Gasteiger partial charge in [-0.2, -0.15) is 0 Å². The van der Waals surface area contributed by atoms with Gasteiger partial charge >= 0.3 is 0 Å². The number of hydrogen-bond donors (Lipinski definition) is 2. The molecule has 26 heavy (non-hydrogen) atoms. The Hall–Kier alpha value is -2.37. The van der Waals surface area contributed by atoms with Gasteiger partial charge in [0.1, 0.15) is 11.6 Å². The van der Waals surface area contributed by atoms with Crippen LogP contribution in [0.2, 0.25) is 0 Å². The van der Waals surface area contributed by atoms with Crippen molar-refractivity contribution >= 4 is 5.96 Å². The molecule has 0 aliphatic carbocycles. The predicted octanol–water partition coefficient (Wildman–Crippen LogP) is 2.34. The molecule has 0 saturated carbocycles. The summed E-state index contributed by atoms with van der Waals surface area (Å²) in [7, 11) is 1.82. The zero-order chi connectivity index (χ0) is 18.0. The number of aromatic nitrogens is 3. The third kappa shape index (κ3) is 5.31. The van der Waals surface area contributed by atoms with Crippen molar-refractivity contribution in [3.05, 3.63) is 47.5 Å². The van der Waals surface area contributed by atoms with Crippen LogP contribution in [0, 0.1) is 0 Å². The summed E-state index contributed by atoms with van der Waals surface area (Å²) in [5.41, 5.74) is 1.38. The molecule has 1 aromatic carbocycles. The van der Waals surface area contributed by atoms with Gasteiger partial charge in [0.05, 0.1) is 0 Å². The average Bonchev–Trinajstić information content (AvgIpc) is 2.90. The SMILES string of the molecule is CN=C(NCCCc1ccccc1)NCCc1nnc2n1CCCCC2. The minimum atomic E-state index is 0.816. The lowest BCUT2D eigenvalue weighted by Gasteiger charge is -2.12. The fraction of sp³-hybridized carbons (Fsp3) is 0.550. The number of nitrogens with zero attached hydrogens (tertiary/aromatic N) is 4. The number of hydrogen-bond acceptors (Lipinski definition) is 3. The molecule has 1 aliphatic rings. The highest BCUT2D eigenvalue weighted by molar-refractivity contribution is 5.79.